The van der Waals surface area contributed by atoms with E-state index in [0.717, 1.165) is 14.5 Å². The first-order valence-corrected chi connectivity index (χ1v) is 15.0. The van der Waals surface area contributed by atoms with Crippen LogP contribution in [0.3, 0.4) is 0 Å². The van der Waals surface area contributed by atoms with E-state index >= 15 is 0 Å². The van der Waals surface area contributed by atoms with Gasteiger partial charge in [0.15, 0.2) is 0 Å². The zero-order valence-corrected chi connectivity index (χ0v) is 29.6. The molecule has 3 N–H and O–H groups in total. The molecule has 11 heteroatoms. The summed E-state index contributed by atoms with van der Waals surface area (Å²) >= 11 is 6.73. The summed E-state index contributed by atoms with van der Waals surface area (Å²) < 4.78 is 21.1. The molecule has 1 amide bonds. The van der Waals surface area contributed by atoms with E-state index in [9.17, 15) is 14.4 Å². The zero-order valence-electron chi connectivity index (χ0n) is 26.5. The molecule has 238 valence electrons. The molecular weight excluding hydrogens is 672 g/mol. The average Bonchev–Trinajstić information content (AvgIpc) is 2.76. The number of halogens is 2. The lowest BCUT2D eigenvalue weighted by Gasteiger charge is -2.22. The molecule has 42 heavy (non-hydrogen) atoms. The fourth-order valence-corrected chi connectivity index (χ4v) is 3.22. The van der Waals surface area contributed by atoms with Crippen molar-refractivity contribution in [2.45, 2.75) is 105 Å². The van der Waals surface area contributed by atoms with Crippen molar-refractivity contribution in [3.63, 3.8) is 0 Å². The summed E-state index contributed by atoms with van der Waals surface area (Å²) in [5.74, 6) is 0. The zero-order chi connectivity index (χ0) is 32.9. The number of benzene rings is 2. The Morgan fingerprint density at radius 2 is 1.00 bits per heavy atom. The molecule has 2 atom stereocenters. The third kappa shape index (κ3) is 21.1. The Morgan fingerprint density at radius 1 is 0.667 bits per heavy atom. The normalized spacial score (nSPS) is 12.6. The van der Waals surface area contributed by atoms with E-state index in [4.69, 9.17) is 19.9 Å². The van der Waals surface area contributed by atoms with Gasteiger partial charge in [0.2, 0.25) is 0 Å². The Balaban J connectivity index is 0. The first-order chi connectivity index (χ1) is 19.0. The summed E-state index contributed by atoms with van der Waals surface area (Å²) in [5.41, 5.74) is 6.00. The second-order valence-electron chi connectivity index (χ2n) is 12.3. The van der Waals surface area contributed by atoms with Gasteiger partial charge in [0.05, 0.1) is 6.04 Å². The van der Waals surface area contributed by atoms with Crippen LogP contribution in [0.1, 0.15) is 101 Å². The quantitative estimate of drug-likeness (QED) is 0.182. The number of rotatable bonds is 3. The molecule has 0 saturated carbocycles. The number of amides is 1. The summed E-state index contributed by atoms with van der Waals surface area (Å²) in [5, 5.41) is 2.80. The molecule has 0 bridgehead atoms. The number of ether oxygens (including phenoxy) is 4. The first-order valence-electron chi connectivity index (χ1n) is 13.4. The highest BCUT2D eigenvalue weighted by Gasteiger charge is 2.24. The van der Waals surface area contributed by atoms with Crippen molar-refractivity contribution in [2.75, 3.05) is 0 Å². The minimum Gasteiger partial charge on any atom is -0.444 e. The fourth-order valence-electron chi connectivity index (χ4n) is 2.70. The van der Waals surface area contributed by atoms with Crippen LogP contribution in [-0.4, -0.2) is 35.2 Å². The average molecular weight is 721 g/mol. The van der Waals surface area contributed by atoms with Crippen molar-refractivity contribution >= 4 is 50.3 Å². The molecule has 2 aromatic rings. The van der Waals surface area contributed by atoms with Crippen LogP contribution < -0.4 is 11.1 Å². The maximum absolute atomic E-state index is 11.6. The van der Waals surface area contributed by atoms with E-state index in [1.165, 1.54) is 5.56 Å². The minimum atomic E-state index is -1.06. The molecule has 0 heterocycles. The van der Waals surface area contributed by atoms with Gasteiger partial charge >= 0.3 is 18.4 Å². The summed E-state index contributed by atoms with van der Waals surface area (Å²) in [7, 11) is 0. The Morgan fingerprint density at radius 3 is 1.31 bits per heavy atom. The van der Waals surface area contributed by atoms with E-state index in [0.29, 0.717) is 0 Å². The lowest BCUT2D eigenvalue weighted by atomic mass is 10.1. The molecule has 0 aliphatic carbocycles. The maximum atomic E-state index is 11.6. The second-order valence-corrected chi connectivity index (χ2v) is 14.1. The van der Waals surface area contributed by atoms with E-state index < -0.39 is 35.2 Å². The third-order valence-electron chi connectivity index (χ3n) is 4.44. The Hall–Kier alpha value is -2.63. The summed E-state index contributed by atoms with van der Waals surface area (Å²) in [6, 6.07) is 15.9. The first kappa shape index (κ1) is 39.4. The van der Waals surface area contributed by atoms with Gasteiger partial charge < -0.3 is 30.0 Å². The summed E-state index contributed by atoms with van der Waals surface area (Å²) in [6.07, 6.45) is -2.51. The molecule has 2 aromatic carbocycles. The van der Waals surface area contributed by atoms with Gasteiger partial charge in [-0.2, -0.15) is 0 Å². The summed E-state index contributed by atoms with van der Waals surface area (Å²) in [4.78, 5) is 33.6. The fraction of sp³-hybridized carbons (Fsp3) is 0.516. The molecule has 0 aliphatic heterocycles. The number of nitrogens with two attached hydrogens (primary N) is 1. The van der Waals surface area contributed by atoms with Crippen LogP contribution in [0.15, 0.2) is 57.5 Å². The highest BCUT2D eigenvalue weighted by molar-refractivity contribution is 9.10. The lowest BCUT2D eigenvalue weighted by molar-refractivity contribution is -0.0294. The van der Waals surface area contributed by atoms with Crippen molar-refractivity contribution in [1.29, 1.82) is 0 Å². The molecule has 2 rings (SSSR count). The van der Waals surface area contributed by atoms with Crippen LogP contribution in [0.5, 0.6) is 0 Å². The molecule has 0 unspecified atom stereocenters. The van der Waals surface area contributed by atoms with Crippen molar-refractivity contribution in [2.24, 2.45) is 5.73 Å². The van der Waals surface area contributed by atoms with E-state index in [1.54, 1.807) is 41.5 Å². The van der Waals surface area contributed by atoms with Gasteiger partial charge in [0, 0.05) is 16.4 Å². The number of alkyl carbamates (subject to hydrolysis) is 1. The highest BCUT2D eigenvalue weighted by atomic mass is 79.9. The molecule has 0 aromatic heterocycles. The largest absolute Gasteiger partial charge is 0.519 e. The van der Waals surface area contributed by atoms with Gasteiger partial charge in [-0.25, -0.2) is 14.4 Å². The minimum absolute atomic E-state index is 0. The van der Waals surface area contributed by atoms with Gasteiger partial charge in [0.1, 0.15) is 16.8 Å². The standard InChI is InChI=1S/C13H18BrNO2.C10H18O5.C8H10BrN.H2/c1-9(10-5-7-11(14)8-6-10)15-12(16)17-13(2,3)4;1-9(2,3)14-7(11)13-8(12)15-10(4,5)6;1-6(10)7-2-4-8(9)5-3-7;/h5-9H,1-4H3,(H,15,16);1-6H3;2-6H,10H2,1H3;1H/t9-;;6-;/m0.0./s1. The van der Waals surface area contributed by atoms with E-state index in [-0.39, 0.29) is 13.5 Å². The summed E-state index contributed by atoms with van der Waals surface area (Å²) in [6.45, 7) is 19.5. The molecule has 0 saturated heterocycles. The van der Waals surface area contributed by atoms with Crippen molar-refractivity contribution in [3.8, 4) is 0 Å². The third-order valence-corrected chi connectivity index (χ3v) is 5.50. The number of hydrogen-bond acceptors (Lipinski definition) is 8. The maximum Gasteiger partial charge on any atom is 0.519 e. The molecule has 0 radical (unpaired) electrons. The van der Waals surface area contributed by atoms with Gasteiger partial charge in [-0.15, -0.1) is 0 Å². The Labute approximate surface area is 268 Å². The number of nitrogens with one attached hydrogen (secondary N) is 1. The lowest BCUT2D eigenvalue weighted by Crippen LogP contribution is -2.34. The van der Waals surface area contributed by atoms with Crippen LogP contribution in [0.4, 0.5) is 14.4 Å². The van der Waals surface area contributed by atoms with Crippen LogP contribution in [0.2, 0.25) is 0 Å². The monoisotopic (exact) mass is 718 g/mol. The molecule has 9 nitrogen and oxygen atoms in total. The SMILES string of the molecule is CC(C)(C)OC(=O)OC(=O)OC(C)(C)C.C[C@H](N)c1ccc(Br)cc1.C[C@H](NC(=O)OC(C)(C)C)c1ccc(Br)cc1.[HH]. The molecular formula is C31H48Br2N2O7. The van der Waals surface area contributed by atoms with Crippen LogP contribution >= 0.6 is 31.9 Å². The van der Waals surface area contributed by atoms with Crippen molar-refractivity contribution in [1.82, 2.24) is 5.32 Å². The Kier molecular flexibility index (Phi) is 16.4. The number of carbonyl (C=O) groups excluding carboxylic acids is 3. The van der Waals surface area contributed by atoms with Gasteiger partial charge in [-0.1, -0.05) is 56.1 Å². The molecule has 0 spiro atoms. The van der Waals surface area contributed by atoms with Crippen molar-refractivity contribution in [3.05, 3.63) is 68.6 Å². The number of hydrogen-bond donors (Lipinski definition) is 2. The van der Waals surface area contributed by atoms with Crippen LogP contribution in [-0.2, 0) is 18.9 Å². The predicted molar refractivity (Wildman–Crippen MR) is 174 cm³/mol. The van der Waals surface area contributed by atoms with Crippen molar-refractivity contribution < 1.29 is 34.8 Å². The van der Waals surface area contributed by atoms with Crippen LogP contribution in [0, 0.1) is 0 Å². The molecule has 0 fully saturated rings. The van der Waals surface area contributed by atoms with E-state index in [1.807, 2.05) is 83.1 Å². The number of carbonyl (C=O) groups is 3. The topological polar surface area (TPSA) is 126 Å². The second kappa shape index (κ2) is 17.5. The van der Waals surface area contributed by atoms with Gasteiger partial charge in [-0.05, 0) is 112 Å². The Bertz CT molecular complexity index is 1100. The van der Waals surface area contributed by atoms with E-state index in [2.05, 4.69) is 41.9 Å². The highest BCUT2D eigenvalue weighted by Crippen LogP contribution is 2.18. The molecule has 0 aliphatic rings. The van der Waals surface area contributed by atoms with Gasteiger partial charge in [0.25, 0.3) is 0 Å². The predicted octanol–water partition coefficient (Wildman–Crippen LogP) is 9.62. The smallest absolute Gasteiger partial charge is 0.444 e. The van der Waals surface area contributed by atoms with Gasteiger partial charge in [-0.3, -0.25) is 0 Å². The van der Waals surface area contributed by atoms with Crippen LogP contribution in [0.25, 0.3) is 0 Å².